The van der Waals surface area contributed by atoms with Crippen molar-refractivity contribution in [2.75, 3.05) is 4.90 Å². The van der Waals surface area contributed by atoms with Gasteiger partial charge < -0.3 is 9.64 Å². The van der Waals surface area contributed by atoms with E-state index in [-0.39, 0.29) is 0 Å². The summed E-state index contributed by atoms with van der Waals surface area (Å²) in [6, 6.07) is 85.8. The molecule has 2 nitrogen and oxygen atoms in total. The van der Waals surface area contributed by atoms with Gasteiger partial charge in [0, 0.05) is 27.9 Å². The molecule has 2 aliphatic rings. The highest BCUT2D eigenvalue weighted by Crippen LogP contribution is 2.64. The van der Waals surface area contributed by atoms with E-state index < -0.39 is 5.41 Å². The maximum Gasteiger partial charge on any atom is 0.132 e. The van der Waals surface area contributed by atoms with Crippen molar-refractivity contribution in [3.63, 3.8) is 0 Å². The third-order valence-corrected chi connectivity index (χ3v) is 12.8. The van der Waals surface area contributed by atoms with E-state index in [0.717, 1.165) is 45.3 Å². The van der Waals surface area contributed by atoms with Gasteiger partial charge >= 0.3 is 0 Å². The molecule has 1 spiro atoms. The standard InChI is InChI=1S/C59H39NO/c1-3-18-40(19-4-1)44-38-39-45(48-24-8-7-23-47(44)48)42-34-36-43(37-35-42)60(54-30-14-10-22-46(54)41-20-5-2-6-21-41)55-31-17-29-53-58(55)49-25-9-11-26-50(49)59(53)51-27-12-15-32-56(51)61-57-33-16-13-28-52(57)59/h1-39H. The van der Waals surface area contributed by atoms with Gasteiger partial charge in [0.25, 0.3) is 0 Å². The summed E-state index contributed by atoms with van der Waals surface area (Å²) in [7, 11) is 0. The summed E-state index contributed by atoms with van der Waals surface area (Å²) in [5, 5.41) is 2.49. The molecule has 286 valence electrons. The summed E-state index contributed by atoms with van der Waals surface area (Å²) in [5.41, 5.74) is 17.2. The molecule has 0 N–H and O–H groups in total. The van der Waals surface area contributed by atoms with Crippen molar-refractivity contribution in [2.45, 2.75) is 5.41 Å². The zero-order valence-electron chi connectivity index (χ0n) is 33.4. The molecule has 10 aromatic carbocycles. The third kappa shape index (κ3) is 5.36. The Kier molecular flexibility index (Phi) is 8.11. The summed E-state index contributed by atoms with van der Waals surface area (Å²) in [5.74, 6) is 1.78. The Balaban J connectivity index is 1.09. The Labute approximate surface area is 356 Å². The van der Waals surface area contributed by atoms with Crippen molar-refractivity contribution >= 4 is 27.8 Å². The van der Waals surface area contributed by atoms with Crippen LogP contribution in [0.4, 0.5) is 17.1 Å². The van der Waals surface area contributed by atoms with Gasteiger partial charge in [-0.3, -0.25) is 0 Å². The summed E-state index contributed by atoms with van der Waals surface area (Å²) >= 11 is 0. The first-order valence-electron chi connectivity index (χ1n) is 21.0. The number of fused-ring (bicyclic) bond motifs is 10. The van der Waals surface area contributed by atoms with Crippen molar-refractivity contribution in [2.24, 2.45) is 0 Å². The van der Waals surface area contributed by atoms with Gasteiger partial charge in [-0.1, -0.05) is 200 Å². The quantitative estimate of drug-likeness (QED) is 0.167. The lowest BCUT2D eigenvalue weighted by Crippen LogP contribution is -2.32. The molecule has 0 bridgehead atoms. The Morgan fingerprint density at radius 1 is 0.295 bits per heavy atom. The van der Waals surface area contributed by atoms with Gasteiger partial charge in [0.2, 0.25) is 0 Å². The number of ether oxygens (including phenoxy) is 1. The van der Waals surface area contributed by atoms with E-state index in [1.54, 1.807) is 0 Å². The lowest BCUT2D eigenvalue weighted by Gasteiger charge is -2.39. The van der Waals surface area contributed by atoms with Crippen LogP contribution in [0.3, 0.4) is 0 Å². The average molecular weight is 778 g/mol. The second-order valence-electron chi connectivity index (χ2n) is 15.9. The van der Waals surface area contributed by atoms with Crippen molar-refractivity contribution in [3.05, 3.63) is 259 Å². The minimum Gasteiger partial charge on any atom is -0.457 e. The summed E-state index contributed by atoms with van der Waals surface area (Å²) in [4.78, 5) is 2.48. The largest absolute Gasteiger partial charge is 0.457 e. The molecule has 0 saturated carbocycles. The Morgan fingerprint density at radius 3 is 1.39 bits per heavy atom. The van der Waals surface area contributed by atoms with E-state index in [0.29, 0.717) is 0 Å². The molecule has 0 aromatic heterocycles. The zero-order chi connectivity index (χ0) is 40.3. The summed E-state index contributed by atoms with van der Waals surface area (Å²) < 4.78 is 6.67. The molecule has 0 amide bonds. The van der Waals surface area contributed by atoms with Crippen LogP contribution in [0.5, 0.6) is 11.5 Å². The fourth-order valence-corrected chi connectivity index (χ4v) is 10.2. The molecule has 1 heterocycles. The molecular formula is C59H39NO. The van der Waals surface area contributed by atoms with Gasteiger partial charge in [-0.05, 0) is 91.7 Å². The molecule has 10 aromatic rings. The van der Waals surface area contributed by atoms with Gasteiger partial charge in [0.15, 0.2) is 0 Å². The van der Waals surface area contributed by atoms with Crippen LogP contribution in [-0.4, -0.2) is 0 Å². The smallest absolute Gasteiger partial charge is 0.132 e. The van der Waals surface area contributed by atoms with Crippen LogP contribution in [0.2, 0.25) is 0 Å². The third-order valence-electron chi connectivity index (χ3n) is 12.8. The number of hydrogen-bond donors (Lipinski definition) is 0. The molecule has 0 unspecified atom stereocenters. The Morgan fingerprint density at radius 2 is 0.754 bits per heavy atom. The maximum atomic E-state index is 6.67. The van der Waals surface area contributed by atoms with Crippen molar-refractivity contribution in [1.29, 1.82) is 0 Å². The Bertz CT molecular complexity index is 3230. The number of hydrogen-bond acceptors (Lipinski definition) is 2. The van der Waals surface area contributed by atoms with Crippen LogP contribution in [0, 0.1) is 0 Å². The van der Waals surface area contributed by atoms with Crippen LogP contribution in [0.15, 0.2) is 237 Å². The average Bonchev–Trinajstić information content (AvgIpc) is 3.63. The number of benzene rings is 10. The second kappa shape index (κ2) is 14.1. The SMILES string of the molecule is c1ccc(-c2ccccc2N(c2ccc(-c3ccc(-c4ccccc4)c4ccccc34)cc2)c2cccc3c2-c2ccccc2C32c3ccccc3Oc3ccccc32)cc1. The zero-order valence-corrected chi connectivity index (χ0v) is 33.4. The van der Waals surface area contributed by atoms with Gasteiger partial charge in [-0.2, -0.15) is 0 Å². The maximum absolute atomic E-state index is 6.67. The topological polar surface area (TPSA) is 12.5 Å². The van der Waals surface area contributed by atoms with Crippen LogP contribution in [0.25, 0.3) is 55.3 Å². The monoisotopic (exact) mass is 777 g/mol. The summed E-state index contributed by atoms with van der Waals surface area (Å²) in [6.07, 6.45) is 0. The minimum absolute atomic E-state index is 0.575. The van der Waals surface area contributed by atoms with Crippen LogP contribution < -0.4 is 9.64 Å². The lowest BCUT2D eigenvalue weighted by molar-refractivity contribution is 0.436. The lowest BCUT2D eigenvalue weighted by atomic mass is 9.66. The molecule has 2 heteroatoms. The minimum atomic E-state index is -0.575. The van der Waals surface area contributed by atoms with Crippen molar-refractivity contribution < 1.29 is 4.74 Å². The highest BCUT2D eigenvalue weighted by Gasteiger charge is 2.51. The molecule has 1 aliphatic carbocycles. The molecule has 0 saturated heterocycles. The first-order valence-corrected chi connectivity index (χ1v) is 21.0. The molecule has 12 rings (SSSR count). The predicted octanol–water partition coefficient (Wildman–Crippen LogP) is 15.8. The van der Waals surface area contributed by atoms with Crippen LogP contribution >= 0.6 is 0 Å². The van der Waals surface area contributed by atoms with Gasteiger partial charge in [0.1, 0.15) is 11.5 Å². The van der Waals surface area contributed by atoms with Gasteiger partial charge in [0.05, 0.1) is 16.8 Å². The summed E-state index contributed by atoms with van der Waals surface area (Å²) in [6.45, 7) is 0. The number of nitrogens with zero attached hydrogens (tertiary/aromatic N) is 1. The second-order valence-corrected chi connectivity index (χ2v) is 15.9. The van der Waals surface area contributed by atoms with Crippen molar-refractivity contribution in [1.82, 2.24) is 0 Å². The van der Waals surface area contributed by atoms with Crippen molar-refractivity contribution in [3.8, 4) is 56.0 Å². The van der Waals surface area contributed by atoms with E-state index >= 15 is 0 Å². The van der Waals surface area contributed by atoms with E-state index in [9.17, 15) is 0 Å². The molecular weight excluding hydrogens is 739 g/mol. The highest BCUT2D eigenvalue weighted by atomic mass is 16.5. The predicted molar refractivity (Wildman–Crippen MR) is 252 cm³/mol. The highest BCUT2D eigenvalue weighted by molar-refractivity contribution is 6.05. The normalized spacial score (nSPS) is 12.9. The molecule has 61 heavy (non-hydrogen) atoms. The van der Waals surface area contributed by atoms with Crippen LogP contribution in [-0.2, 0) is 5.41 Å². The molecule has 0 fully saturated rings. The number of rotatable bonds is 6. The van der Waals surface area contributed by atoms with Gasteiger partial charge in [-0.15, -0.1) is 0 Å². The van der Waals surface area contributed by atoms with Crippen LogP contribution in [0.1, 0.15) is 22.3 Å². The van der Waals surface area contributed by atoms with E-state index in [1.807, 2.05) is 0 Å². The fourth-order valence-electron chi connectivity index (χ4n) is 10.2. The molecule has 1 aliphatic heterocycles. The number of anilines is 3. The van der Waals surface area contributed by atoms with E-state index in [1.165, 1.54) is 60.8 Å². The molecule has 0 atom stereocenters. The first kappa shape index (κ1) is 35.0. The van der Waals surface area contributed by atoms with E-state index in [2.05, 4.69) is 241 Å². The van der Waals surface area contributed by atoms with Gasteiger partial charge in [-0.25, -0.2) is 0 Å². The fraction of sp³-hybridized carbons (Fsp3) is 0.0169. The Hall–Kier alpha value is -7.94. The van der Waals surface area contributed by atoms with E-state index in [4.69, 9.17) is 4.74 Å². The first-order chi connectivity index (χ1) is 30.3. The molecule has 0 radical (unpaired) electrons. The number of para-hydroxylation sites is 3.